The number of carbonyl (C=O) groups excluding carboxylic acids is 2. The fraction of sp³-hybridized carbons (Fsp3) is 0.294. The zero-order chi connectivity index (χ0) is 48.1. The third kappa shape index (κ3) is 9.41. The number of phenolic OH excluding ortho intramolecular Hbond substituents is 1. The van der Waals surface area contributed by atoms with E-state index in [-0.39, 0.29) is 38.3 Å². The molecule has 0 radical (unpaired) electrons. The monoisotopic (exact) mass is 941 g/mol. The van der Waals surface area contributed by atoms with Crippen LogP contribution < -0.4 is 15.3 Å². The first-order chi connectivity index (χ1) is 31.7. The van der Waals surface area contributed by atoms with Gasteiger partial charge in [-0.05, 0) is 105 Å². The highest BCUT2D eigenvalue weighted by atomic mass is 28.4. The van der Waals surface area contributed by atoms with Gasteiger partial charge in [0.2, 0.25) is 11.8 Å². The summed E-state index contributed by atoms with van der Waals surface area (Å²) in [5.74, 6) is -6.71. The van der Waals surface area contributed by atoms with E-state index < -0.39 is 96.9 Å². The molecule has 7 nitrogen and oxygen atoms in total. The van der Waals surface area contributed by atoms with Crippen LogP contribution in [0, 0.1) is 23.6 Å². The maximum Gasteiger partial charge on any atom is 0.455 e. The molecule has 348 valence electrons. The van der Waals surface area contributed by atoms with Crippen molar-refractivity contribution in [1.82, 2.24) is 0 Å². The predicted molar refractivity (Wildman–Crippen MR) is 244 cm³/mol. The van der Waals surface area contributed by atoms with Gasteiger partial charge in [0.15, 0.2) is 11.6 Å². The Labute approximate surface area is 384 Å². The van der Waals surface area contributed by atoms with Crippen molar-refractivity contribution in [2.45, 2.75) is 69.8 Å². The Morgan fingerprint density at radius 2 is 1.36 bits per heavy atom. The lowest BCUT2D eigenvalue weighted by molar-refractivity contribution is -0.143. The molecule has 16 heteroatoms. The molecule has 0 bridgehead atoms. The first-order valence-corrected chi connectivity index (χ1v) is 23.8. The van der Waals surface area contributed by atoms with Crippen molar-refractivity contribution >= 4 is 55.0 Å². The molecule has 0 saturated carbocycles. The van der Waals surface area contributed by atoms with Gasteiger partial charge in [-0.1, -0.05) is 124 Å². The van der Waals surface area contributed by atoms with Gasteiger partial charge in [-0.3, -0.25) is 9.59 Å². The molecule has 2 amide bonds. The maximum absolute atomic E-state index is 14.7. The number of allylic oxidation sites excluding steroid dienone is 1. The summed E-state index contributed by atoms with van der Waals surface area (Å²) in [6.07, 6.45) is -9.53. The topological polar surface area (TPSA) is 96.3 Å². The van der Waals surface area contributed by atoms with Crippen molar-refractivity contribution in [2.75, 3.05) is 11.5 Å². The molecule has 5 aromatic rings. The number of anilines is 1. The molecule has 2 fully saturated rings. The summed E-state index contributed by atoms with van der Waals surface area (Å²) in [5, 5.41) is 22.7. The number of amides is 2. The molecule has 0 unspecified atom stereocenters. The minimum absolute atomic E-state index is 0.0583. The number of fused-ring (bicyclic) bond motifs is 3. The van der Waals surface area contributed by atoms with Crippen LogP contribution in [0.15, 0.2) is 139 Å². The van der Waals surface area contributed by atoms with Crippen LogP contribution in [0.3, 0.4) is 0 Å². The quantitative estimate of drug-likeness (QED) is 0.0450. The number of halogens is 7. The highest BCUT2D eigenvalue weighted by Crippen LogP contribution is 2.53. The van der Waals surface area contributed by atoms with Crippen molar-refractivity contribution in [1.29, 1.82) is 0 Å². The van der Waals surface area contributed by atoms with E-state index in [2.05, 4.69) is 20.8 Å². The van der Waals surface area contributed by atoms with Crippen molar-refractivity contribution in [3.05, 3.63) is 167 Å². The van der Waals surface area contributed by atoms with Gasteiger partial charge >= 0.3 is 19.5 Å². The summed E-state index contributed by atoms with van der Waals surface area (Å²) in [6.45, 7) is 6.16. The number of phenols is 1. The number of hydrogen-bond acceptors (Lipinski definition) is 6. The van der Waals surface area contributed by atoms with Crippen molar-refractivity contribution in [3.8, 4) is 5.75 Å². The molecule has 8 rings (SSSR count). The summed E-state index contributed by atoms with van der Waals surface area (Å²) in [6, 6.07) is 33.4. The summed E-state index contributed by atoms with van der Waals surface area (Å²) in [5.41, 5.74) is -1.10. The predicted octanol–water partition coefficient (Wildman–Crippen LogP) is 10.5. The summed E-state index contributed by atoms with van der Waals surface area (Å²) < 4.78 is 113. The molecule has 5 aromatic carbocycles. The molecule has 67 heavy (non-hydrogen) atoms. The van der Waals surface area contributed by atoms with Gasteiger partial charge < -0.3 is 19.2 Å². The molecule has 0 spiro atoms. The van der Waals surface area contributed by atoms with Gasteiger partial charge in [0.05, 0.1) is 41.4 Å². The van der Waals surface area contributed by atoms with Crippen LogP contribution in [-0.2, 0) is 31.0 Å². The van der Waals surface area contributed by atoms with Crippen LogP contribution in [0.5, 0.6) is 5.75 Å². The van der Waals surface area contributed by atoms with E-state index in [0.29, 0.717) is 33.7 Å². The molecule has 0 aromatic heterocycles. The highest BCUT2D eigenvalue weighted by molar-refractivity contribution is 6.99. The second-order valence-corrected chi connectivity index (χ2v) is 22.6. The van der Waals surface area contributed by atoms with Crippen LogP contribution in [-0.4, -0.2) is 50.1 Å². The maximum atomic E-state index is 14.7. The first-order valence-electron chi connectivity index (χ1n) is 21.9. The van der Waals surface area contributed by atoms with Gasteiger partial charge in [0, 0.05) is 0 Å². The molecular weight excluding hydrogens is 894 g/mol. The van der Waals surface area contributed by atoms with Gasteiger partial charge in [0.1, 0.15) is 0 Å². The molecule has 4 atom stereocenters. The van der Waals surface area contributed by atoms with E-state index in [9.17, 15) is 50.5 Å². The van der Waals surface area contributed by atoms with Crippen LogP contribution in [0.25, 0.3) is 11.6 Å². The van der Waals surface area contributed by atoms with Crippen molar-refractivity contribution in [2.24, 2.45) is 17.8 Å². The van der Waals surface area contributed by atoms with E-state index in [4.69, 9.17) is 9.08 Å². The lowest BCUT2D eigenvalue weighted by Gasteiger charge is -2.46. The number of benzene rings is 5. The second-order valence-electron chi connectivity index (χ2n) is 18.3. The normalized spacial score (nSPS) is 20.6. The lowest BCUT2D eigenvalue weighted by Crippen LogP contribution is -2.66. The van der Waals surface area contributed by atoms with Gasteiger partial charge in [-0.15, -0.1) is 0 Å². The second kappa shape index (κ2) is 18.4. The average Bonchev–Trinajstić information content (AvgIpc) is 3.54. The zero-order valence-electron chi connectivity index (χ0n) is 36.7. The van der Waals surface area contributed by atoms with Crippen molar-refractivity contribution < 1.29 is 59.5 Å². The number of alkyl halides is 6. The van der Waals surface area contributed by atoms with E-state index >= 15 is 0 Å². The Morgan fingerprint density at radius 3 is 1.90 bits per heavy atom. The summed E-state index contributed by atoms with van der Waals surface area (Å²) >= 11 is 0. The minimum atomic E-state index is -5.24. The number of rotatable bonds is 11. The van der Waals surface area contributed by atoms with Crippen LogP contribution in [0.1, 0.15) is 62.3 Å². The molecule has 2 heterocycles. The average molecular weight is 942 g/mol. The van der Waals surface area contributed by atoms with E-state index in [1.807, 2.05) is 91.0 Å². The third-order valence-corrected chi connectivity index (χ3v) is 18.1. The van der Waals surface area contributed by atoms with E-state index in [1.54, 1.807) is 12.1 Å². The summed E-state index contributed by atoms with van der Waals surface area (Å²) in [4.78, 5) is 29.7. The van der Waals surface area contributed by atoms with E-state index in [0.717, 1.165) is 21.5 Å². The number of hydrogen-bond donors (Lipinski definition) is 2. The van der Waals surface area contributed by atoms with Gasteiger partial charge in [-0.25, -0.2) is 9.29 Å². The lowest BCUT2D eigenvalue weighted by atomic mass is 9.58. The van der Waals surface area contributed by atoms with Gasteiger partial charge in [-0.2, -0.15) is 26.3 Å². The van der Waals surface area contributed by atoms with Gasteiger partial charge in [0.25, 0.3) is 8.32 Å². The number of imide groups is 1. The molecule has 2 N–H and O–H groups in total. The Morgan fingerprint density at radius 1 is 0.791 bits per heavy atom. The Balaban J connectivity index is 1.25. The molecule has 3 aliphatic rings. The standard InChI is InChI=1S/C51H47BF7NO6Si/c1-49(2,3)67(38-15-9-5-10-16-38,39-17-11-6-12-18-39)65-30-34-25-40-46(48(63)60(47(40)62)37-27-35(50(54,55)56)26-36(28-37)51(57,58)59)41-29-52(64)66-44(45(34)41)22-20-33(32-13-7-4-8-14-32)23-31-19-21-43(61)42(53)24-31/h4-19,21,23-24,26-28,40-41,44,46,61,64H,20,22,25,29-30H2,1-3H3/b33-23-/t40-,41+,44-,46-/m1/s1. The molecule has 2 saturated heterocycles. The fourth-order valence-electron chi connectivity index (χ4n) is 10.2. The third-order valence-electron chi connectivity index (χ3n) is 13.2. The van der Waals surface area contributed by atoms with Crippen LogP contribution >= 0.6 is 0 Å². The summed E-state index contributed by atoms with van der Waals surface area (Å²) in [7, 11) is -4.77. The Bertz CT molecular complexity index is 2640. The Hall–Kier alpha value is -5.81. The largest absolute Gasteiger partial charge is 0.505 e. The smallest absolute Gasteiger partial charge is 0.455 e. The highest BCUT2D eigenvalue weighted by Gasteiger charge is 2.59. The van der Waals surface area contributed by atoms with Crippen molar-refractivity contribution in [3.63, 3.8) is 0 Å². The Kier molecular flexibility index (Phi) is 13.1. The number of aromatic hydroxyl groups is 1. The fourth-order valence-corrected chi connectivity index (χ4v) is 14.8. The first kappa shape index (κ1) is 47.7. The SMILES string of the molecule is CC(C)(C)[Si](OCC1=C2[C@@H](CC/C(=C/c3ccc(O)c(F)c3)c3ccccc3)OB(O)C[C@@H]2[C@@H]2C(=O)N(c3cc(C(F)(F)F)cc(C(F)(F)F)c3)C(=O)[C@@H]2C1)(c1ccccc1)c1ccccc1. The zero-order valence-corrected chi connectivity index (χ0v) is 37.7. The minimum Gasteiger partial charge on any atom is -0.505 e. The van der Waals surface area contributed by atoms with E-state index in [1.165, 1.54) is 12.1 Å². The molecule has 1 aliphatic carbocycles. The van der Waals surface area contributed by atoms with Crippen LogP contribution in [0.4, 0.5) is 36.4 Å². The molecular formula is C51H47BF7NO6Si. The number of carbonyl (C=O) groups is 2. The van der Waals surface area contributed by atoms with Crippen LogP contribution in [0.2, 0.25) is 11.4 Å². The number of nitrogens with zero attached hydrogens (tertiary/aromatic N) is 1. The molecule has 2 aliphatic heterocycles.